The van der Waals surface area contributed by atoms with E-state index in [1.807, 2.05) is 51.9 Å². The van der Waals surface area contributed by atoms with E-state index in [-0.39, 0.29) is 17.6 Å². The van der Waals surface area contributed by atoms with Gasteiger partial charge in [0.15, 0.2) is 5.82 Å². The molecular formula is C24H29N5O3. The maximum Gasteiger partial charge on any atom is 0.319 e. The van der Waals surface area contributed by atoms with Crippen LogP contribution in [0.3, 0.4) is 0 Å². The van der Waals surface area contributed by atoms with Crippen molar-refractivity contribution in [3.63, 3.8) is 0 Å². The van der Waals surface area contributed by atoms with Gasteiger partial charge in [-0.3, -0.25) is 4.79 Å². The summed E-state index contributed by atoms with van der Waals surface area (Å²) in [5, 5.41) is 5.88. The average molecular weight is 436 g/mol. The molecular weight excluding hydrogens is 406 g/mol. The van der Waals surface area contributed by atoms with Crippen molar-refractivity contribution in [1.29, 1.82) is 0 Å². The summed E-state index contributed by atoms with van der Waals surface area (Å²) in [4.78, 5) is 32.3. The maximum absolute atomic E-state index is 13.2. The Morgan fingerprint density at radius 3 is 2.69 bits per heavy atom. The quantitative estimate of drug-likeness (QED) is 0.618. The van der Waals surface area contributed by atoms with Crippen LogP contribution in [-0.2, 0) is 6.54 Å². The Kier molecular flexibility index (Phi) is 6.58. The Hall–Kier alpha value is -3.55. The largest absolute Gasteiger partial charge is 0.497 e. The number of anilines is 2. The lowest BCUT2D eigenvalue weighted by molar-refractivity contribution is 0.246. The molecule has 0 aliphatic carbocycles. The molecule has 1 aromatic heterocycles. The number of nitrogens with one attached hydrogen (secondary N) is 2. The number of rotatable bonds is 6. The number of piperidine rings is 1. The number of fused-ring (bicyclic) bond motifs is 1. The van der Waals surface area contributed by atoms with Crippen molar-refractivity contribution < 1.29 is 9.53 Å². The molecule has 168 valence electrons. The van der Waals surface area contributed by atoms with E-state index in [2.05, 4.69) is 22.5 Å². The van der Waals surface area contributed by atoms with Gasteiger partial charge in [-0.15, -0.1) is 0 Å². The number of urea groups is 1. The maximum atomic E-state index is 13.2. The fourth-order valence-corrected chi connectivity index (χ4v) is 4.12. The molecule has 4 rings (SSSR count). The van der Waals surface area contributed by atoms with Crippen LogP contribution < -0.4 is 25.8 Å². The molecule has 1 fully saturated rings. The molecule has 1 aliphatic rings. The molecule has 2 N–H and O–H groups in total. The van der Waals surface area contributed by atoms with Crippen LogP contribution in [0.1, 0.15) is 26.2 Å². The van der Waals surface area contributed by atoms with Gasteiger partial charge in [0, 0.05) is 37.4 Å². The zero-order valence-corrected chi connectivity index (χ0v) is 18.5. The van der Waals surface area contributed by atoms with E-state index in [0.29, 0.717) is 36.9 Å². The lowest BCUT2D eigenvalue weighted by Crippen LogP contribution is -2.47. The number of carbonyl (C=O) groups excluding carboxylic acids is 1. The van der Waals surface area contributed by atoms with Gasteiger partial charge in [0.1, 0.15) is 5.75 Å². The molecule has 2 heterocycles. The van der Waals surface area contributed by atoms with Gasteiger partial charge in [-0.2, -0.15) is 0 Å². The van der Waals surface area contributed by atoms with Crippen LogP contribution in [-0.4, -0.2) is 41.8 Å². The second-order valence-corrected chi connectivity index (χ2v) is 7.97. The number of benzene rings is 2. The summed E-state index contributed by atoms with van der Waals surface area (Å²) in [5.74, 6) is 1.18. The van der Waals surface area contributed by atoms with E-state index in [0.717, 1.165) is 30.3 Å². The fraction of sp³-hybridized carbons (Fsp3) is 0.375. The third-order valence-corrected chi connectivity index (χ3v) is 5.74. The van der Waals surface area contributed by atoms with Crippen molar-refractivity contribution in [2.45, 2.75) is 38.8 Å². The van der Waals surface area contributed by atoms with E-state index < -0.39 is 0 Å². The van der Waals surface area contributed by atoms with Crippen molar-refractivity contribution in [3.8, 4) is 5.75 Å². The first-order valence-corrected chi connectivity index (χ1v) is 11.0. The van der Waals surface area contributed by atoms with Crippen molar-refractivity contribution in [2.75, 3.05) is 30.4 Å². The summed E-state index contributed by atoms with van der Waals surface area (Å²) in [6.45, 7) is 4.06. The van der Waals surface area contributed by atoms with E-state index in [9.17, 15) is 9.59 Å². The molecule has 1 aliphatic heterocycles. The predicted octanol–water partition coefficient (Wildman–Crippen LogP) is 3.61. The molecule has 1 saturated heterocycles. The smallest absolute Gasteiger partial charge is 0.319 e. The molecule has 0 saturated carbocycles. The Morgan fingerprint density at radius 1 is 1.16 bits per heavy atom. The van der Waals surface area contributed by atoms with Crippen LogP contribution in [0.2, 0.25) is 0 Å². The Labute approximate surface area is 187 Å². The minimum Gasteiger partial charge on any atom is -0.497 e. The van der Waals surface area contributed by atoms with Crippen LogP contribution in [0.4, 0.5) is 16.3 Å². The van der Waals surface area contributed by atoms with Gasteiger partial charge in [-0.05, 0) is 43.5 Å². The van der Waals surface area contributed by atoms with Gasteiger partial charge in [0.2, 0.25) is 0 Å². The van der Waals surface area contributed by atoms with Crippen LogP contribution >= 0.6 is 0 Å². The molecule has 0 atom stereocenters. The molecule has 0 unspecified atom stereocenters. The molecule has 8 heteroatoms. The van der Waals surface area contributed by atoms with Crippen LogP contribution in [0.15, 0.2) is 53.3 Å². The highest BCUT2D eigenvalue weighted by Crippen LogP contribution is 2.20. The standard InChI is InChI=1S/C24H29N5O3/c1-3-13-29-21-10-5-4-9-20(21)27-22(23(29)30)28-14-11-17(12-15-28)25-24(31)26-18-7-6-8-19(16-18)32-2/h4-10,16-17H,3,11-15H2,1-2H3,(H2,25,26,31). The lowest BCUT2D eigenvalue weighted by Gasteiger charge is -2.33. The van der Waals surface area contributed by atoms with Gasteiger partial charge in [0.05, 0.1) is 18.1 Å². The second-order valence-electron chi connectivity index (χ2n) is 7.97. The summed E-state index contributed by atoms with van der Waals surface area (Å²) in [7, 11) is 1.59. The highest BCUT2D eigenvalue weighted by atomic mass is 16.5. The normalized spacial score (nSPS) is 14.4. The third kappa shape index (κ3) is 4.69. The first-order chi connectivity index (χ1) is 15.6. The molecule has 2 amide bonds. The van der Waals surface area contributed by atoms with Gasteiger partial charge in [-0.25, -0.2) is 9.78 Å². The van der Waals surface area contributed by atoms with E-state index >= 15 is 0 Å². The second kappa shape index (κ2) is 9.72. The first kappa shape index (κ1) is 21.7. The third-order valence-electron chi connectivity index (χ3n) is 5.74. The molecule has 0 radical (unpaired) electrons. The van der Waals surface area contributed by atoms with Crippen molar-refractivity contribution in [2.24, 2.45) is 0 Å². The highest BCUT2D eigenvalue weighted by molar-refractivity contribution is 5.89. The molecule has 8 nitrogen and oxygen atoms in total. The lowest BCUT2D eigenvalue weighted by atomic mass is 10.1. The van der Waals surface area contributed by atoms with Gasteiger partial charge in [-0.1, -0.05) is 25.1 Å². The number of methoxy groups -OCH3 is 1. The summed E-state index contributed by atoms with van der Waals surface area (Å²) < 4.78 is 7.01. The average Bonchev–Trinajstić information content (AvgIpc) is 2.81. The number of carbonyl (C=O) groups is 1. The van der Waals surface area contributed by atoms with E-state index in [4.69, 9.17) is 4.74 Å². The summed E-state index contributed by atoms with van der Waals surface area (Å²) in [6.07, 6.45) is 2.36. The zero-order valence-electron chi connectivity index (χ0n) is 18.5. The summed E-state index contributed by atoms with van der Waals surface area (Å²) >= 11 is 0. The number of nitrogens with zero attached hydrogens (tertiary/aromatic N) is 3. The predicted molar refractivity (Wildman–Crippen MR) is 127 cm³/mol. The van der Waals surface area contributed by atoms with Gasteiger partial charge >= 0.3 is 6.03 Å². The minimum absolute atomic E-state index is 0.0372. The molecule has 0 bridgehead atoms. The molecule has 3 aromatic rings. The van der Waals surface area contributed by atoms with Crippen LogP contribution in [0.25, 0.3) is 11.0 Å². The number of aryl methyl sites for hydroxylation is 1. The number of hydrogen-bond acceptors (Lipinski definition) is 5. The highest BCUT2D eigenvalue weighted by Gasteiger charge is 2.24. The Bertz CT molecular complexity index is 1150. The molecule has 0 spiro atoms. The summed E-state index contributed by atoms with van der Waals surface area (Å²) in [6, 6.07) is 14.8. The SMILES string of the molecule is CCCn1c(=O)c(N2CCC(NC(=O)Nc3cccc(OC)c3)CC2)nc2ccccc21. The van der Waals surface area contributed by atoms with Crippen molar-refractivity contribution in [1.82, 2.24) is 14.9 Å². The van der Waals surface area contributed by atoms with Gasteiger partial charge in [0.25, 0.3) is 5.56 Å². The number of para-hydroxylation sites is 2. The monoisotopic (exact) mass is 435 g/mol. The van der Waals surface area contributed by atoms with Crippen molar-refractivity contribution in [3.05, 3.63) is 58.9 Å². The van der Waals surface area contributed by atoms with Crippen LogP contribution in [0, 0.1) is 0 Å². The number of aromatic nitrogens is 2. The van der Waals surface area contributed by atoms with Crippen LogP contribution in [0.5, 0.6) is 5.75 Å². The number of ether oxygens (including phenoxy) is 1. The van der Waals surface area contributed by atoms with Gasteiger partial charge < -0.3 is 24.8 Å². The summed E-state index contributed by atoms with van der Waals surface area (Å²) in [5.41, 5.74) is 2.33. The van der Waals surface area contributed by atoms with E-state index in [1.165, 1.54) is 0 Å². The Balaban J connectivity index is 1.41. The van der Waals surface area contributed by atoms with Crippen molar-refractivity contribution >= 4 is 28.6 Å². The molecule has 2 aromatic carbocycles. The van der Waals surface area contributed by atoms with E-state index in [1.54, 1.807) is 13.2 Å². The Morgan fingerprint density at radius 2 is 1.94 bits per heavy atom. The first-order valence-electron chi connectivity index (χ1n) is 11.0. The topological polar surface area (TPSA) is 88.5 Å². The zero-order chi connectivity index (χ0) is 22.5. The number of amides is 2. The number of hydrogen-bond donors (Lipinski definition) is 2. The molecule has 32 heavy (non-hydrogen) atoms. The fourth-order valence-electron chi connectivity index (χ4n) is 4.12. The minimum atomic E-state index is -0.245.